The molecule has 19 heavy (non-hydrogen) atoms. The predicted molar refractivity (Wildman–Crippen MR) is 70.9 cm³/mol. The Kier molecular flexibility index (Phi) is 3.03. The van der Waals surface area contributed by atoms with Crippen LogP contribution < -0.4 is 4.74 Å². The molecule has 4 nitrogen and oxygen atoms in total. The van der Waals surface area contributed by atoms with Gasteiger partial charge in [-0.05, 0) is 49.9 Å². The fourth-order valence-corrected chi connectivity index (χ4v) is 2.60. The van der Waals surface area contributed by atoms with Crippen molar-refractivity contribution in [3.05, 3.63) is 36.1 Å². The number of nitrogens with zero attached hydrogens (tertiary/aromatic N) is 1. The van der Waals surface area contributed by atoms with Gasteiger partial charge in [0.05, 0.1) is 7.11 Å². The minimum absolute atomic E-state index is 0.579. The van der Waals surface area contributed by atoms with Crippen LogP contribution >= 0.6 is 0 Å². The zero-order chi connectivity index (χ0) is 13.3. The Balaban J connectivity index is 1.87. The molecule has 2 aromatic rings. The van der Waals surface area contributed by atoms with Crippen LogP contribution in [0.5, 0.6) is 5.75 Å². The van der Waals surface area contributed by atoms with Crippen molar-refractivity contribution in [3.8, 4) is 17.0 Å². The zero-order valence-corrected chi connectivity index (χ0v) is 10.9. The van der Waals surface area contributed by atoms with Gasteiger partial charge in [0, 0.05) is 11.6 Å². The highest BCUT2D eigenvalue weighted by Crippen LogP contribution is 2.39. The van der Waals surface area contributed by atoms with Crippen LogP contribution in [0.4, 0.5) is 0 Å². The third-order valence-electron chi connectivity index (χ3n) is 3.79. The number of hydrogen-bond acceptors (Lipinski definition) is 4. The molecule has 1 heterocycles. The average molecular weight is 259 g/mol. The maximum Gasteiger partial charge on any atom is 0.168 e. The van der Waals surface area contributed by atoms with E-state index in [4.69, 9.17) is 9.26 Å². The van der Waals surface area contributed by atoms with Crippen molar-refractivity contribution in [1.29, 1.82) is 0 Å². The molecule has 1 aromatic heterocycles. The lowest BCUT2D eigenvalue weighted by molar-refractivity contribution is 0.0164. The highest BCUT2D eigenvalue weighted by molar-refractivity contribution is 5.60. The molecule has 1 N–H and O–H groups in total. The molecule has 0 amide bonds. The molecule has 1 saturated carbocycles. The summed E-state index contributed by atoms with van der Waals surface area (Å²) in [5, 5.41) is 14.5. The molecule has 1 aromatic carbocycles. The molecule has 0 bridgehead atoms. The van der Waals surface area contributed by atoms with Gasteiger partial charge < -0.3 is 14.4 Å². The summed E-state index contributed by atoms with van der Waals surface area (Å²) < 4.78 is 10.5. The van der Waals surface area contributed by atoms with E-state index >= 15 is 0 Å². The van der Waals surface area contributed by atoms with E-state index in [0.29, 0.717) is 5.76 Å². The number of benzene rings is 1. The summed E-state index contributed by atoms with van der Waals surface area (Å²) in [6.45, 7) is 0. The fourth-order valence-electron chi connectivity index (χ4n) is 2.60. The van der Waals surface area contributed by atoms with E-state index in [2.05, 4.69) is 5.16 Å². The Morgan fingerprint density at radius 2 is 1.89 bits per heavy atom. The zero-order valence-electron chi connectivity index (χ0n) is 10.9. The van der Waals surface area contributed by atoms with Crippen LogP contribution in [-0.4, -0.2) is 17.4 Å². The van der Waals surface area contributed by atoms with Gasteiger partial charge in [0.2, 0.25) is 0 Å². The molecular formula is C15H17NO3. The first-order chi connectivity index (χ1) is 9.21. The van der Waals surface area contributed by atoms with E-state index in [0.717, 1.165) is 42.7 Å². The molecule has 0 saturated heterocycles. The van der Waals surface area contributed by atoms with Crippen molar-refractivity contribution < 1.29 is 14.4 Å². The summed E-state index contributed by atoms with van der Waals surface area (Å²) >= 11 is 0. The smallest absolute Gasteiger partial charge is 0.168 e. The van der Waals surface area contributed by atoms with E-state index in [1.165, 1.54) is 0 Å². The lowest BCUT2D eigenvalue weighted by Gasteiger charge is -2.17. The summed E-state index contributed by atoms with van der Waals surface area (Å²) in [4.78, 5) is 0. The number of methoxy groups -OCH3 is 1. The molecule has 4 heteroatoms. The molecule has 0 spiro atoms. The first-order valence-corrected chi connectivity index (χ1v) is 6.55. The SMILES string of the molecule is COc1ccc(-c2cc(C3(O)CCCC3)on2)cc1. The van der Waals surface area contributed by atoms with Gasteiger partial charge in [0.1, 0.15) is 17.0 Å². The lowest BCUT2D eigenvalue weighted by atomic mass is 9.98. The summed E-state index contributed by atoms with van der Waals surface area (Å²) in [6.07, 6.45) is 3.58. The Bertz CT molecular complexity index is 553. The van der Waals surface area contributed by atoms with E-state index in [9.17, 15) is 5.11 Å². The number of hydrogen-bond donors (Lipinski definition) is 1. The number of ether oxygens (including phenoxy) is 1. The highest BCUT2D eigenvalue weighted by Gasteiger charge is 2.36. The van der Waals surface area contributed by atoms with Crippen LogP contribution in [0.2, 0.25) is 0 Å². The van der Waals surface area contributed by atoms with Crippen LogP contribution in [0, 0.1) is 0 Å². The molecule has 1 aliphatic rings. The molecule has 100 valence electrons. The minimum Gasteiger partial charge on any atom is -0.497 e. The summed E-state index contributed by atoms with van der Waals surface area (Å²) in [6, 6.07) is 9.47. The minimum atomic E-state index is -0.822. The van der Waals surface area contributed by atoms with Gasteiger partial charge in [-0.25, -0.2) is 0 Å². The highest BCUT2D eigenvalue weighted by atomic mass is 16.5. The van der Waals surface area contributed by atoms with Gasteiger partial charge in [0.25, 0.3) is 0 Å². The van der Waals surface area contributed by atoms with Gasteiger partial charge in [-0.15, -0.1) is 0 Å². The van der Waals surface area contributed by atoms with Gasteiger partial charge in [0.15, 0.2) is 5.76 Å². The van der Waals surface area contributed by atoms with Crippen molar-refractivity contribution in [2.75, 3.05) is 7.11 Å². The van der Waals surface area contributed by atoms with Crippen molar-refractivity contribution >= 4 is 0 Å². The van der Waals surface area contributed by atoms with Crippen molar-refractivity contribution in [2.24, 2.45) is 0 Å². The largest absolute Gasteiger partial charge is 0.497 e. The summed E-state index contributed by atoms with van der Waals surface area (Å²) in [5.41, 5.74) is 0.882. The van der Waals surface area contributed by atoms with Crippen LogP contribution in [-0.2, 0) is 5.60 Å². The third kappa shape index (κ3) is 2.24. The van der Waals surface area contributed by atoms with Crippen LogP contribution in [0.3, 0.4) is 0 Å². The summed E-state index contributed by atoms with van der Waals surface area (Å²) in [7, 11) is 1.64. The van der Waals surface area contributed by atoms with Crippen LogP contribution in [0.1, 0.15) is 31.4 Å². The van der Waals surface area contributed by atoms with Crippen LogP contribution in [0.25, 0.3) is 11.3 Å². The monoisotopic (exact) mass is 259 g/mol. The molecule has 0 unspecified atom stereocenters. The second-order valence-electron chi connectivity index (χ2n) is 5.04. The number of aliphatic hydroxyl groups is 1. The van der Waals surface area contributed by atoms with Gasteiger partial charge in [-0.1, -0.05) is 5.16 Å². The third-order valence-corrected chi connectivity index (χ3v) is 3.79. The molecule has 1 fully saturated rings. The second kappa shape index (κ2) is 4.70. The van der Waals surface area contributed by atoms with E-state index in [-0.39, 0.29) is 0 Å². The molecule has 1 aliphatic carbocycles. The van der Waals surface area contributed by atoms with Gasteiger partial charge in [-0.3, -0.25) is 0 Å². The van der Waals surface area contributed by atoms with Gasteiger partial charge >= 0.3 is 0 Å². The molecule has 3 rings (SSSR count). The van der Waals surface area contributed by atoms with Gasteiger partial charge in [-0.2, -0.15) is 0 Å². The second-order valence-corrected chi connectivity index (χ2v) is 5.04. The fraction of sp³-hybridized carbons (Fsp3) is 0.400. The number of aromatic nitrogens is 1. The van der Waals surface area contributed by atoms with Crippen molar-refractivity contribution in [3.63, 3.8) is 0 Å². The maximum absolute atomic E-state index is 10.5. The quantitative estimate of drug-likeness (QED) is 0.920. The van der Waals surface area contributed by atoms with E-state index < -0.39 is 5.60 Å². The number of rotatable bonds is 3. The maximum atomic E-state index is 10.5. The Morgan fingerprint density at radius 3 is 2.53 bits per heavy atom. The average Bonchev–Trinajstić information content (AvgIpc) is 3.08. The van der Waals surface area contributed by atoms with Crippen molar-refractivity contribution in [2.45, 2.75) is 31.3 Å². The first kappa shape index (κ1) is 12.2. The Hall–Kier alpha value is -1.81. The molecule has 0 aliphatic heterocycles. The van der Waals surface area contributed by atoms with Crippen molar-refractivity contribution in [1.82, 2.24) is 5.16 Å². The standard InChI is InChI=1S/C15H17NO3/c1-18-12-6-4-11(5-7-12)13-10-14(19-16-13)15(17)8-2-3-9-15/h4-7,10,17H,2-3,8-9H2,1H3. The lowest BCUT2D eigenvalue weighted by Crippen LogP contribution is -2.19. The topological polar surface area (TPSA) is 55.5 Å². The van der Waals surface area contributed by atoms with E-state index in [1.54, 1.807) is 7.11 Å². The molecular weight excluding hydrogens is 242 g/mol. The predicted octanol–water partition coefficient (Wildman–Crippen LogP) is 3.11. The molecule has 0 radical (unpaired) electrons. The first-order valence-electron chi connectivity index (χ1n) is 6.55. The van der Waals surface area contributed by atoms with Crippen LogP contribution in [0.15, 0.2) is 34.9 Å². The van der Waals surface area contributed by atoms with E-state index in [1.807, 2.05) is 30.3 Å². The Morgan fingerprint density at radius 1 is 1.21 bits per heavy atom. The molecule has 0 atom stereocenters. The Labute approximate surface area is 112 Å². The normalized spacial score (nSPS) is 17.6. The summed E-state index contributed by atoms with van der Waals surface area (Å²) in [5.74, 6) is 1.39.